The molecular formula is C15H13FN2OS. The van der Waals surface area contributed by atoms with Crippen molar-refractivity contribution in [1.82, 2.24) is 9.97 Å². The van der Waals surface area contributed by atoms with Crippen LogP contribution in [0.2, 0.25) is 0 Å². The second-order valence-corrected chi connectivity index (χ2v) is 5.72. The van der Waals surface area contributed by atoms with Gasteiger partial charge in [-0.2, -0.15) is 0 Å². The van der Waals surface area contributed by atoms with E-state index in [9.17, 15) is 9.18 Å². The molecule has 1 aromatic carbocycles. The average Bonchev–Trinajstić information content (AvgIpc) is 2.85. The van der Waals surface area contributed by atoms with Gasteiger partial charge in [0.25, 0.3) is 5.56 Å². The standard InChI is InChI=1S/C15H13FN2OS/c1-2-11-8-12-14(19)17-13(18-15(12)20-11)7-9-3-5-10(16)6-4-9/h3-6,8H,2,7H2,1H3,(H,17,18,19). The first-order valence-corrected chi connectivity index (χ1v) is 7.23. The number of benzene rings is 1. The minimum atomic E-state index is -0.267. The van der Waals surface area contributed by atoms with E-state index in [1.165, 1.54) is 12.1 Å². The van der Waals surface area contributed by atoms with Crippen LogP contribution in [-0.2, 0) is 12.8 Å². The van der Waals surface area contributed by atoms with E-state index < -0.39 is 0 Å². The quantitative estimate of drug-likeness (QED) is 0.804. The van der Waals surface area contributed by atoms with Crippen LogP contribution in [-0.4, -0.2) is 9.97 Å². The maximum atomic E-state index is 12.9. The summed E-state index contributed by atoms with van der Waals surface area (Å²) in [7, 11) is 0. The highest BCUT2D eigenvalue weighted by Gasteiger charge is 2.08. The number of nitrogens with zero attached hydrogens (tertiary/aromatic N) is 1. The summed E-state index contributed by atoms with van der Waals surface area (Å²) < 4.78 is 12.9. The van der Waals surface area contributed by atoms with Gasteiger partial charge >= 0.3 is 0 Å². The number of hydrogen-bond acceptors (Lipinski definition) is 3. The Hall–Kier alpha value is -2.01. The fraction of sp³-hybridized carbons (Fsp3) is 0.200. The maximum Gasteiger partial charge on any atom is 0.259 e. The monoisotopic (exact) mass is 288 g/mol. The number of hydrogen-bond donors (Lipinski definition) is 1. The molecule has 102 valence electrons. The summed E-state index contributed by atoms with van der Waals surface area (Å²) in [5.74, 6) is 0.343. The van der Waals surface area contributed by atoms with Crippen LogP contribution < -0.4 is 5.56 Å². The van der Waals surface area contributed by atoms with Gasteiger partial charge in [0.05, 0.1) is 5.39 Å². The Morgan fingerprint density at radius 1 is 1.30 bits per heavy atom. The zero-order valence-electron chi connectivity index (χ0n) is 10.9. The van der Waals surface area contributed by atoms with Gasteiger partial charge in [-0.1, -0.05) is 19.1 Å². The van der Waals surface area contributed by atoms with E-state index >= 15 is 0 Å². The largest absolute Gasteiger partial charge is 0.310 e. The van der Waals surface area contributed by atoms with Crippen molar-refractivity contribution in [1.29, 1.82) is 0 Å². The zero-order valence-corrected chi connectivity index (χ0v) is 11.8. The molecule has 0 aliphatic heterocycles. The Bertz CT molecular complexity index is 805. The summed E-state index contributed by atoms with van der Waals surface area (Å²) in [6, 6.07) is 8.11. The van der Waals surface area contributed by atoms with E-state index in [2.05, 4.69) is 16.9 Å². The number of rotatable bonds is 3. The van der Waals surface area contributed by atoms with Crippen LogP contribution in [0.3, 0.4) is 0 Å². The lowest BCUT2D eigenvalue weighted by Gasteiger charge is -2.01. The van der Waals surface area contributed by atoms with Gasteiger partial charge in [-0.25, -0.2) is 9.37 Å². The molecule has 0 spiro atoms. The maximum absolute atomic E-state index is 12.9. The number of halogens is 1. The molecule has 0 aliphatic rings. The lowest BCUT2D eigenvalue weighted by Crippen LogP contribution is -2.10. The third kappa shape index (κ3) is 2.49. The molecule has 0 amide bonds. The molecule has 0 saturated heterocycles. The number of nitrogens with one attached hydrogen (secondary N) is 1. The van der Waals surface area contributed by atoms with Gasteiger partial charge in [0, 0.05) is 11.3 Å². The molecule has 1 N–H and O–H groups in total. The van der Waals surface area contributed by atoms with Gasteiger partial charge in [-0.15, -0.1) is 11.3 Å². The molecule has 5 heteroatoms. The van der Waals surface area contributed by atoms with Crippen LogP contribution in [0, 0.1) is 5.82 Å². The van der Waals surface area contributed by atoms with Crippen LogP contribution in [0.4, 0.5) is 4.39 Å². The summed E-state index contributed by atoms with van der Waals surface area (Å²) in [6.45, 7) is 2.05. The van der Waals surface area contributed by atoms with Crippen LogP contribution in [0.5, 0.6) is 0 Å². The summed E-state index contributed by atoms with van der Waals surface area (Å²) in [5.41, 5.74) is 0.809. The summed E-state index contributed by atoms with van der Waals surface area (Å²) in [6.07, 6.45) is 1.39. The number of aromatic nitrogens is 2. The molecule has 2 aromatic heterocycles. The molecule has 0 fully saturated rings. The second-order valence-electron chi connectivity index (χ2n) is 4.60. The first-order valence-electron chi connectivity index (χ1n) is 6.42. The number of thiophene rings is 1. The molecule has 2 heterocycles. The number of H-pyrrole nitrogens is 1. The molecule has 3 rings (SSSR count). The highest BCUT2D eigenvalue weighted by Crippen LogP contribution is 2.21. The molecule has 0 unspecified atom stereocenters. The number of fused-ring (bicyclic) bond motifs is 1. The van der Waals surface area contributed by atoms with E-state index in [0.29, 0.717) is 17.6 Å². The lowest BCUT2D eigenvalue weighted by atomic mass is 10.1. The lowest BCUT2D eigenvalue weighted by molar-refractivity contribution is 0.627. The van der Waals surface area contributed by atoms with Crippen LogP contribution >= 0.6 is 11.3 Å². The molecule has 3 nitrogen and oxygen atoms in total. The molecular weight excluding hydrogens is 275 g/mol. The van der Waals surface area contributed by atoms with Crippen LogP contribution in [0.25, 0.3) is 10.2 Å². The van der Waals surface area contributed by atoms with E-state index in [-0.39, 0.29) is 11.4 Å². The SMILES string of the molecule is CCc1cc2c(=O)[nH]c(Cc3ccc(F)cc3)nc2s1. The van der Waals surface area contributed by atoms with Crippen molar-refractivity contribution in [3.63, 3.8) is 0 Å². The van der Waals surface area contributed by atoms with Crippen molar-refractivity contribution in [2.24, 2.45) is 0 Å². The Morgan fingerprint density at radius 2 is 2.05 bits per heavy atom. The average molecular weight is 288 g/mol. The molecule has 3 aromatic rings. The van der Waals surface area contributed by atoms with Crippen LogP contribution in [0.1, 0.15) is 23.2 Å². The van der Waals surface area contributed by atoms with Gasteiger partial charge in [0.2, 0.25) is 0 Å². The predicted octanol–water partition coefficient (Wildman–Crippen LogP) is 3.28. The van der Waals surface area contributed by atoms with Crippen molar-refractivity contribution in [3.8, 4) is 0 Å². The topological polar surface area (TPSA) is 45.8 Å². The minimum Gasteiger partial charge on any atom is -0.310 e. The summed E-state index contributed by atoms with van der Waals surface area (Å²) in [4.78, 5) is 21.2. The Morgan fingerprint density at radius 3 is 2.75 bits per heavy atom. The van der Waals surface area contributed by atoms with Gasteiger partial charge in [0.1, 0.15) is 16.5 Å². The smallest absolute Gasteiger partial charge is 0.259 e. The summed E-state index contributed by atoms with van der Waals surface area (Å²) in [5, 5.41) is 0.648. The van der Waals surface area contributed by atoms with Gasteiger partial charge in [0.15, 0.2) is 0 Å². The molecule has 0 aliphatic carbocycles. The summed E-state index contributed by atoms with van der Waals surface area (Å²) >= 11 is 1.55. The Balaban J connectivity index is 1.99. The highest BCUT2D eigenvalue weighted by molar-refractivity contribution is 7.18. The molecule has 0 atom stereocenters. The second kappa shape index (κ2) is 5.17. The van der Waals surface area contributed by atoms with Gasteiger partial charge in [-0.05, 0) is 30.2 Å². The van der Waals surface area contributed by atoms with E-state index in [0.717, 1.165) is 21.7 Å². The minimum absolute atomic E-state index is 0.108. The number of aromatic amines is 1. The molecule has 20 heavy (non-hydrogen) atoms. The van der Waals surface area contributed by atoms with Gasteiger partial charge in [-0.3, -0.25) is 4.79 Å². The van der Waals surface area contributed by atoms with Crippen molar-refractivity contribution in [2.75, 3.05) is 0 Å². The fourth-order valence-electron chi connectivity index (χ4n) is 2.08. The van der Waals surface area contributed by atoms with E-state index in [1.54, 1.807) is 23.5 Å². The molecule has 0 radical (unpaired) electrons. The van der Waals surface area contributed by atoms with E-state index in [1.807, 2.05) is 6.07 Å². The zero-order chi connectivity index (χ0) is 14.1. The third-order valence-electron chi connectivity index (χ3n) is 3.14. The molecule has 0 saturated carbocycles. The van der Waals surface area contributed by atoms with Crippen molar-refractivity contribution >= 4 is 21.6 Å². The third-order valence-corrected chi connectivity index (χ3v) is 4.31. The fourth-order valence-corrected chi connectivity index (χ4v) is 3.07. The first kappa shape index (κ1) is 13.0. The Kier molecular flexibility index (Phi) is 3.36. The van der Waals surface area contributed by atoms with Crippen molar-refractivity contribution < 1.29 is 4.39 Å². The predicted molar refractivity (Wildman–Crippen MR) is 78.8 cm³/mol. The molecule has 0 bridgehead atoms. The van der Waals surface area contributed by atoms with Crippen LogP contribution in [0.15, 0.2) is 35.1 Å². The highest BCUT2D eigenvalue weighted by atomic mass is 32.1. The van der Waals surface area contributed by atoms with Crippen molar-refractivity contribution in [2.45, 2.75) is 19.8 Å². The normalized spacial score (nSPS) is 11.1. The van der Waals surface area contributed by atoms with Gasteiger partial charge < -0.3 is 4.98 Å². The van der Waals surface area contributed by atoms with Crippen molar-refractivity contribution in [3.05, 3.63) is 62.8 Å². The Labute approximate surface area is 119 Å². The van der Waals surface area contributed by atoms with E-state index in [4.69, 9.17) is 0 Å². The first-order chi connectivity index (χ1) is 9.65. The number of aryl methyl sites for hydroxylation is 1.